The first kappa shape index (κ1) is 17.9. The second-order valence-electron chi connectivity index (χ2n) is 4.62. The molecule has 1 aromatic heterocycles. The van der Waals surface area contributed by atoms with Crippen LogP contribution in [0.4, 0.5) is 0 Å². The van der Waals surface area contributed by atoms with Gasteiger partial charge >= 0.3 is 0 Å². The van der Waals surface area contributed by atoms with E-state index in [4.69, 9.17) is 4.98 Å². The van der Waals surface area contributed by atoms with Gasteiger partial charge in [0.2, 0.25) is 0 Å². The summed E-state index contributed by atoms with van der Waals surface area (Å²) in [6.07, 6.45) is 0. The molecule has 0 aliphatic rings. The van der Waals surface area contributed by atoms with Gasteiger partial charge in [-0.15, -0.1) is 0 Å². The minimum Gasteiger partial charge on any atom is -0.388 e. The summed E-state index contributed by atoms with van der Waals surface area (Å²) >= 11 is 0. The largest absolute Gasteiger partial charge is 0.388 e. The predicted octanol–water partition coefficient (Wildman–Crippen LogP) is 5.50. The molecule has 116 valence electrons. The fourth-order valence-electron chi connectivity index (χ4n) is 2.11. The number of hydrogen-bond acceptors (Lipinski definition) is 2. The third-order valence-corrected chi connectivity index (χ3v) is 2.99. The average molecular weight is 295 g/mol. The third kappa shape index (κ3) is 4.68. The monoisotopic (exact) mass is 295 g/mol. The first-order valence-corrected chi connectivity index (χ1v) is 7.58. The van der Waals surface area contributed by atoms with Crippen LogP contribution in [0.5, 0.6) is 0 Å². The molecule has 0 bridgehead atoms. The van der Waals surface area contributed by atoms with E-state index in [9.17, 15) is 0 Å². The maximum atomic E-state index is 4.71. The summed E-state index contributed by atoms with van der Waals surface area (Å²) in [5.41, 5.74) is 4.55. The fraction of sp³-hybridized carbons (Fsp3) is 0.250. The van der Waals surface area contributed by atoms with E-state index in [0.717, 1.165) is 11.2 Å². The number of methoxy groups -OCH3 is 1. The topological polar surface area (TPSA) is 22.1 Å². The van der Waals surface area contributed by atoms with Crippen molar-refractivity contribution in [3.63, 3.8) is 0 Å². The van der Waals surface area contributed by atoms with Crippen molar-refractivity contribution in [3.8, 4) is 11.3 Å². The molecule has 0 atom stereocenters. The van der Waals surface area contributed by atoms with Crippen LogP contribution in [0.1, 0.15) is 19.4 Å². The van der Waals surface area contributed by atoms with Crippen molar-refractivity contribution in [1.82, 2.24) is 4.98 Å². The standard InChI is InChI=1S/C16H13N.C2H6O.C2H6/c1-12-11-16(13-7-3-2-4-8-13)17-15-10-6-5-9-14(12)15;1-3-2;1-2/h2-11H,1H3;1-2H3;1-2H3. The molecule has 0 N–H and O–H groups in total. The van der Waals surface area contributed by atoms with Gasteiger partial charge in [0.15, 0.2) is 0 Å². The van der Waals surface area contributed by atoms with Crippen molar-refractivity contribution in [2.45, 2.75) is 20.8 Å². The van der Waals surface area contributed by atoms with E-state index >= 15 is 0 Å². The number of fused-ring (bicyclic) bond motifs is 1. The van der Waals surface area contributed by atoms with E-state index in [0.29, 0.717) is 0 Å². The third-order valence-electron chi connectivity index (χ3n) is 2.99. The Bertz CT molecular complexity index is 678. The average Bonchev–Trinajstić information content (AvgIpc) is 2.58. The molecular weight excluding hydrogens is 270 g/mol. The minimum absolute atomic E-state index is 1.04. The van der Waals surface area contributed by atoms with E-state index in [1.807, 2.05) is 38.1 Å². The second-order valence-corrected chi connectivity index (χ2v) is 4.62. The number of ether oxygens (including phenoxy) is 1. The lowest BCUT2D eigenvalue weighted by Gasteiger charge is -2.06. The SMILES string of the molecule is CC.COC.Cc1cc(-c2ccccc2)nc2ccccc12. The molecule has 0 saturated carbocycles. The van der Waals surface area contributed by atoms with Crippen LogP contribution in [0.15, 0.2) is 60.7 Å². The van der Waals surface area contributed by atoms with Crippen LogP contribution >= 0.6 is 0 Å². The van der Waals surface area contributed by atoms with Gasteiger partial charge in [0.25, 0.3) is 0 Å². The molecule has 2 aromatic carbocycles. The zero-order chi connectivity index (χ0) is 16.4. The molecule has 2 heteroatoms. The maximum Gasteiger partial charge on any atom is 0.0712 e. The number of rotatable bonds is 1. The van der Waals surface area contributed by atoms with Crippen LogP contribution in [0.25, 0.3) is 22.2 Å². The highest BCUT2D eigenvalue weighted by molar-refractivity contribution is 5.84. The lowest BCUT2D eigenvalue weighted by molar-refractivity contribution is 0.277. The number of aromatic nitrogens is 1. The van der Waals surface area contributed by atoms with Gasteiger partial charge in [0, 0.05) is 25.2 Å². The van der Waals surface area contributed by atoms with Gasteiger partial charge in [-0.25, -0.2) is 4.98 Å². The molecule has 0 radical (unpaired) electrons. The number of benzene rings is 2. The number of para-hydroxylation sites is 1. The summed E-state index contributed by atoms with van der Waals surface area (Å²) in [7, 11) is 3.25. The summed E-state index contributed by atoms with van der Waals surface area (Å²) in [5, 5.41) is 1.23. The Balaban J connectivity index is 0.000000435. The molecule has 2 nitrogen and oxygen atoms in total. The fourth-order valence-corrected chi connectivity index (χ4v) is 2.11. The highest BCUT2D eigenvalue weighted by Crippen LogP contribution is 2.23. The highest BCUT2D eigenvalue weighted by Gasteiger charge is 2.03. The first-order valence-electron chi connectivity index (χ1n) is 7.58. The predicted molar refractivity (Wildman–Crippen MR) is 96.2 cm³/mol. The zero-order valence-electron chi connectivity index (χ0n) is 14.1. The molecule has 0 spiro atoms. The van der Waals surface area contributed by atoms with Gasteiger partial charge in [0.1, 0.15) is 0 Å². The minimum atomic E-state index is 1.04. The van der Waals surface area contributed by atoms with Gasteiger partial charge in [0.05, 0.1) is 11.2 Å². The molecule has 22 heavy (non-hydrogen) atoms. The zero-order valence-corrected chi connectivity index (χ0v) is 14.1. The van der Waals surface area contributed by atoms with Crippen LogP contribution < -0.4 is 0 Å². The van der Waals surface area contributed by atoms with E-state index in [-0.39, 0.29) is 0 Å². The molecule has 0 saturated heterocycles. The van der Waals surface area contributed by atoms with Crippen molar-refractivity contribution in [2.75, 3.05) is 14.2 Å². The molecule has 3 aromatic rings. The van der Waals surface area contributed by atoms with Gasteiger partial charge in [-0.3, -0.25) is 0 Å². The Hall–Kier alpha value is -2.19. The summed E-state index contributed by atoms with van der Waals surface area (Å²) < 4.78 is 4.25. The number of nitrogens with zero attached hydrogens (tertiary/aromatic N) is 1. The Morgan fingerprint density at radius 2 is 1.36 bits per heavy atom. The Morgan fingerprint density at radius 1 is 0.818 bits per heavy atom. The molecular formula is C20H25NO. The number of aryl methyl sites for hydroxylation is 1. The smallest absolute Gasteiger partial charge is 0.0712 e. The summed E-state index contributed by atoms with van der Waals surface area (Å²) in [5.74, 6) is 0. The van der Waals surface area contributed by atoms with Crippen LogP contribution in [-0.2, 0) is 4.74 Å². The van der Waals surface area contributed by atoms with Gasteiger partial charge in [-0.2, -0.15) is 0 Å². The van der Waals surface area contributed by atoms with Gasteiger partial charge in [-0.05, 0) is 24.6 Å². The molecule has 0 aliphatic heterocycles. The number of hydrogen-bond donors (Lipinski definition) is 0. The van der Waals surface area contributed by atoms with Crippen LogP contribution in [0.3, 0.4) is 0 Å². The molecule has 3 rings (SSSR count). The molecule has 0 amide bonds. The maximum absolute atomic E-state index is 4.71. The van der Waals surface area contributed by atoms with Crippen molar-refractivity contribution in [2.24, 2.45) is 0 Å². The van der Waals surface area contributed by atoms with Gasteiger partial charge < -0.3 is 4.74 Å². The highest BCUT2D eigenvalue weighted by atomic mass is 16.4. The molecule has 0 fully saturated rings. The van der Waals surface area contributed by atoms with E-state index in [1.165, 1.54) is 16.5 Å². The summed E-state index contributed by atoms with van der Waals surface area (Å²) in [6, 6.07) is 20.7. The van der Waals surface area contributed by atoms with Crippen molar-refractivity contribution >= 4 is 10.9 Å². The lowest BCUT2D eigenvalue weighted by atomic mass is 10.1. The van der Waals surface area contributed by atoms with E-state index in [1.54, 1.807) is 14.2 Å². The van der Waals surface area contributed by atoms with E-state index < -0.39 is 0 Å². The van der Waals surface area contributed by atoms with Crippen LogP contribution in [0.2, 0.25) is 0 Å². The Kier molecular flexibility index (Phi) is 7.87. The molecule has 1 heterocycles. The van der Waals surface area contributed by atoms with Crippen LogP contribution in [-0.4, -0.2) is 19.2 Å². The molecule has 0 aliphatic carbocycles. The van der Waals surface area contributed by atoms with Crippen molar-refractivity contribution in [1.29, 1.82) is 0 Å². The summed E-state index contributed by atoms with van der Waals surface area (Å²) in [6.45, 7) is 6.14. The van der Waals surface area contributed by atoms with Crippen LogP contribution in [0, 0.1) is 6.92 Å². The van der Waals surface area contributed by atoms with E-state index in [2.05, 4.69) is 48.1 Å². The number of pyridine rings is 1. The Morgan fingerprint density at radius 3 is 2.00 bits per heavy atom. The first-order chi connectivity index (χ1) is 10.8. The second kappa shape index (κ2) is 9.69. The normalized spacial score (nSPS) is 9.32. The van der Waals surface area contributed by atoms with Crippen molar-refractivity contribution in [3.05, 3.63) is 66.2 Å². The Labute approximate surface area is 133 Å². The molecule has 0 unspecified atom stereocenters. The van der Waals surface area contributed by atoms with Gasteiger partial charge in [-0.1, -0.05) is 62.4 Å². The quantitative estimate of drug-likeness (QED) is 0.591. The van der Waals surface area contributed by atoms with Crippen molar-refractivity contribution < 1.29 is 4.74 Å². The summed E-state index contributed by atoms with van der Waals surface area (Å²) in [4.78, 5) is 4.71. The lowest BCUT2D eigenvalue weighted by Crippen LogP contribution is -1.88.